The summed E-state index contributed by atoms with van der Waals surface area (Å²) in [5.74, 6) is 1.03. The first-order chi connectivity index (χ1) is 14.0. The number of anilines is 1. The fraction of sp³-hybridized carbons (Fsp3) is 0.429. The van der Waals surface area contributed by atoms with E-state index in [0.717, 1.165) is 61.3 Å². The number of rotatable bonds is 3. The molecule has 2 aliphatic rings. The Bertz CT molecular complexity index is 1040. The summed E-state index contributed by atoms with van der Waals surface area (Å²) in [5, 5.41) is 1.23. The van der Waals surface area contributed by atoms with Crippen molar-refractivity contribution >= 4 is 27.4 Å². The first-order valence-corrected chi connectivity index (χ1v) is 10.8. The van der Waals surface area contributed by atoms with Crippen LogP contribution in [-0.2, 0) is 25.6 Å². The molecule has 29 heavy (non-hydrogen) atoms. The lowest BCUT2D eigenvalue weighted by atomic mass is 10.1. The molecule has 152 valence electrons. The lowest BCUT2D eigenvalue weighted by Gasteiger charge is -2.33. The smallest absolute Gasteiger partial charge is 0.345 e. The minimum absolute atomic E-state index is 0.567. The molecule has 0 radical (unpaired) electrons. The van der Waals surface area contributed by atoms with Gasteiger partial charge in [-0.2, -0.15) is 13.2 Å². The molecule has 1 fully saturated rings. The van der Waals surface area contributed by atoms with E-state index < -0.39 is 11.7 Å². The molecule has 3 aromatic rings. The average Bonchev–Trinajstić information content (AvgIpc) is 3.29. The van der Waals surface area contributed by atoms with Crippen LogP contribution in [0.5, 0.6) is 0 Å². The van der Waals surface area contributed by atoms with Gasteiger partial charge in [-0.25, -0.2) is 9.97 Å². The molecular formula is C21H22F3N4S+. The van der Waals surface area contributed by atoms with E-state index in [9.17, 15) is 13.2 Å². The lowest BCUT2D eigenvalue weighted by Crippen LogP contribution is -3.13. The van der Waals surface area contributed by atoms with Gasteiger partial charge in [0, 0.05) is 10.4 Å². The van der Waals surface area contributed by atoms with E-state index >= 15 is 0 Å². The predicted molar refractivity (Wildman–Crippen MR) is 107 cm³/mol. The molecule has 3 heterocycles. The Morgan fingerprint density at radius 2 is 1.93 bits per heavy atom. The number of piperazine rings is 1. The molecule has 1 N–H and O–H groups in total. The molecule has 0 bridgehead atoms. The molecule has 0 amide bonds. The molecule has 5 rings (SSSR count). The molecule has 0 unspecified atom stereocenters. The fourth-order valence-corrected chi connectivity index (χ4v) is 5.73. The summed E-state index contributed by atoms with van der Waals surface area (Å²) in [6, 6.07) is 5.71. The third-order valence-electron chi connectivity index (χ3n) is 5.96. The molecule has 1 aromatic carbocycles. The number of benzene rings is 1. The molecule has 1 aliphatic heterocycles. The maximum Gasteiger partial charge on any atom is 0.416 e. The highest BCUT2D eigenvalue weighted by molar-refractivity contribution is 7.19. The van der Waals surface area contributed by atoms with Gasteiger partial charge < -0.3 is 9.80 Å². The van der Waals surface area contributed by atoms with Crippen molar-refractivity contribution in [2.75, 3.05) is 31.1 Å². The van der Waals surface area contributed by atoms with Crippen LogP contribution in [-0.4, -0.2) is 36.1 Å². The Balaban J connectivity index is 1.30. The van der Waals surface area contributed by atoms with Crippen LogP contribution in [0.15, 0.2) is 30.6 Å². The number of halogens is 3. The maximum atomic E-state index is 13.0. The van der Waals surface area contributed by atoms with Crippen LogP contribution in [0, 0.1) is 0 Å². The van der Waals surface area contributed by atoms with Gasteiger partial charge in [0.05, 0.1) is 37.1 Å². The topological polar surface area (TPSA) is 33.5 Å². The zero-order valence-corrected chi connectivity index (χ0v) is 16.7. The van der Waals surface area contributed by atoms with E-state index in [4.69, 9.17) is 0 Å². The van der Waals surface area contributed by atoms with Crippen LogP contribution in [0.25, 0.3) is 10.2 Å². The van der Waals surface area contributed by atoms with Gasteiger partial charge in [0.15, 0.2) is 0 Å². The molecule has 0 atom stereocenters. The van der Waals surface area contributed by atoms with Gasteiger partial charge in [0.25, 0.3) is 0 Å². The van der Waals surface area contributed by atoms with E-state index in [2.05, 4.69) is 14.9 Å². The monoisotopic (exact) mass is 419 g/mol. The van der Waals surface area contributed by atoms with E-state index in [1.165, 1.54) is 39.3 Å². The lowest BCUT2D eigenvalue weighted by molar-refractivity contribution is -0.914. The van der Waals surface area contributed by atoms with Crippen LogP contribution in [0.4, 0.5) is 19.0 Å². The Labute approximate surface area is 171 Å². The van der Waals surface area contributed by atoms with Crippen molar-refractivity contribution in [3.8, 4) is 0 Å². The second kappa shape index (κ2) is 7.25. The maximum absolute atomic E-state index is 13.0. The van der Waals surface area contributed by atoms with Crippen molar-refractivity contribution in [3.05, 3.63) is 52.2 Å². The van der Waals surface area contributed by atoms with Gasteiger partial charge in [0.2, 0.25) is 0 Å². The van der Waals surface area contributed by atoms with Gasteiger partial charge in [-0.05, 0) is 37.0 Å². The molecular weight excluding hydrogens is 397 g/mol. The quantitative estimate of drug-likeness (QED) is 0.708. The molecule has 2 aromatic heterocycles. The third kappa shape index (κ3) is 3.59. The summed E-state index contributed by atoms with van der Waals surface area (Å²) < 4.78 is 38.9. The normalized spacial score (nSPS) is 17.8. The van der Waals surface area contributed by atoms with Gasteiger partial charge in [0.1, 0.15) is 23.5 Å². The van der Waals surface area contributed by atoms with Crippen molar-refractivity contribution in [2.45, 2.75) is 32.0 Å². The number of hydrogen-bond donors (Lipinski definition) is 1. The minimum Gasteiger partial charge on any atom is -0.345 e. The number of aryl methyl sites for hydroxylation is 2. The second-order valence-electron chi connectivity index (χ2n) is 7.85. The number of hydrogen-bond acceptors (Lipinski definition) is 4. The first-order valence-electron chi connectivity index (χ1n) is 9.99. The Hall–Kier alpha value is -2.19. The summed E-state index contributed by atoms with van der Waals surface area (Å²) >= 11 is 1.80. The van der Waals surface area contributed by atoms with Crippen molar-refractivity contribution in [2.24, 2.45) is 0 Å². The van der Waals surface area contributed by atoms with E-state index in [1.54, 1.807) is 23.7 Å². The number of aromatic nitrogens is 2. The SMILES string of the molecule is FC(F)(F)c1cccc(C[NH+]2CCN(c3ncnc4sc5c(c34)CCC5)CC2)c1. The third-order valence-corrected chi connectivity index (χ3v) is 7.16. The molecule has 4 nitrogen and oxygen atoms in total. The van der Waals surface area contributed by atoms with E-state index in [0.29, 0.717) is 6.54 Å². The summed E-state index contributed by atoms with van der Waals surface area (Å²) in [7, 11) is 0. The molecule has 1 aliphatic carbocycles. The van der Waals surface area contributed by atoms with Crippen LogP contribution >= 0.6 is 11.3 Å². The molecule has 8 heteroatoms. The zero-order chi connectivity index (χ0) is 20.0. The summed E-state index contributed by atoms with van der Waals surface area (Å²) in [6.07, 6.45) is 0.829. The predicted octanol–water partition coefficient (Wildman–Crippen LogP) is 3.10. The summed E-state index contributed by atoms with van der Waals surface area (Å²) in [5.41, 5.74) is 1.60. The van der Waals surface area contributed by atoms with Crippen LogP contribution < -0.4 is 9.80 Å². The highest BCUT2D eigenvalue weighted by Crippen LogP contribution is 2.40. The highest BCUT2D eigenvalue weighted by atomic mass is 32.1. The van der Waals surface area contributed by atoms with Gasteiger partial charge in [-0.15, -0.1) is 11.3 Å². The van der Waals surface area contributed by atoms with E-state index in [-0.39, 0.29) is 0 Å². The first kappa shape index (κ1) is 18.8. The number of thiophene rings is 1. The zero-order valence-electron chi connectivity index (χ0n) is 15.9. The highest BCUT2D eigenvalue weighted by Gasteiger charge is 2.31. The van der Waals surface area contributed by atoms with Gasteiger partial charge in [-0.3, -0.25) is 0 Å². The van der Waals surface area contributed by atoms with Crippen molar-refractivity contribution < 1.29 is 18.1 Å². The van der Waals surface area contributed by atoms with E-state index in [1.807, 2.05) is 0 Å². The Morgan fingerprint density at radius 3 is 2.72 bits per heavy atom. The fourth-order valence-electron chi connectivity index (χ4n) is 4.51. The summed E-state index contributed by atoms with van der Waals surface area (Å²) in [6.45, 7) is 4.09. The van der Waals surface area contributed by atoms with Crippen molar-refractivity contribution in [3.63, 3.8) is 0 Å². The van der Waals surface area contributed by atoms with Crippen LogP contribution in [0.2, 0.25) is 0 Å². The van der Waals surface area contributed by atoms with Gasteiger partial charge >= 0.3 is 6.18 Å². The average molecular weight is 419 g/mol. The number of nitrogens with one attached hydrogen (secondary N) is 1. The molecule has 0 spiro atoms. The molecule has 1 saturated heterocycles. The number of alkyl halides is 3. The van der Waals surface area contributed by atoms with Crippen molar-refractivity contribution in [1.29, 1.82) is 0 Å². The number of nitrogens with zero attached hydrogens (tertiary/aromatic N) is 3. The Kier molecular flexibility index (Phi) is 4.70. The van der Waals surface area contributed by atoms with Crippen molar-refractivity contribution in [1.82, 2.24) is 9.97 Å². The largest absolute Gasteiger partial charge is 0.416 e. The number of quaternary nitrogens is 1. The molecule has 0 saturated carbocycles. The van der Waals surface area contributed by atoms with Gasteiger partial charge in [-0.1, -0.05) is 12.1 Å². The van der Waals surface area contributed by atoms with Crippen LogP contribution in [0.1, 0.15) is 28.0 Å². The minimum atomic E-state index is -4.29. The Morgan fingerprint density at radius 1 is 1.10 bits per heavy atom. The second-order valence-corrected chi connectivity index (χ2v) is 8.93. The number of fused-ring (bicyclic) bond motifs is 3. The standard InChI is InChI=1S/C21H21F3N4S/c22-21(23,24)15-4-1-3-14(11-15)12-27-7-9-28(10-8-27)19-18-16-5-2-6-17(16)29-20(18)26-13-25-19/h1,3-4,11,13H,2,5-10,12H2/p+1. The summed E-state index contributed by atoms with van der Waals surface area (Å²) in [4.78, 5) is 15.3. The van der Waals surface area contributed by atoms with Crippen LogP contribution in [0.3, 0.4) is 0 Å².